The fraction of sp³-hybridized carbons (Fsp3) is 0.312. The van der Waals surface area contributed by atoms with Crippen molar-refractivity contribution in [2.24, 2.45) is 0 Å². The highest BCUT2D eigenvalue weighted by Gasteiger charge is 2.15. The number of hydrogen-bond acceptors (Lipinski definition) is 2. The van der Waals surface area contributed by atoms with Crippen LogP contribution in [0.15, 0.2) is 48.7 Å². The van der Waals surface area contributed by atoms with Gasteiger partial charge in [0, 0.05) is 24.8 Å². The summed E-state index contributed by atoms with van der Waals surface area (Å²) in [6, 6.07) is 14.7. The quantitative estimate of drug-likeness (QED) is 0.852. The number of hydrogen-bond donors (Lipinski definition) is 1. The summed E-state index contributed by atoms with van der Waals surface area (Å²) in [5, 5.41) is 0. The minimum absolute atomic E-state index is 0.826. The maximum Gasteiger partial charge on any atom is 0.274 e. The minimum Gasteiger partial charge on any atom is -0.371 e. The van der Waals surface area contributed by atoms with E-state index in [1.807, 2.05) is 6.07 Å². The zero-order chi connectivity index (χ0) is 13.1. The van der Waals surface area contributed by atoms with Gasteiger partial charge < -0.3 is 4.90 Å². The Morgan fingerprint density at radius 1 is 1.05 bits per heavy atom. The Morgan fingerprint density at radius 2 is 1.79 bits per heavy atom. The van der Waals surface area contributed by atoms with Crippen molar-refractivity contribution in [3.8, 4) is 0 Å². The molecule has 3 rings (SSSR count). The Balaban J connectivity index is 1.79. The molecule has 2 N–H and O–H groups in total. The number of nitrogens with two attached hydrogens (primary N) is 1. The lowest BCUT2D eigenvalue weighted by Gasteiger charge is -2.17. The van der Waals surface area contributed by atoms with Crippen molar-refractivity contribution in [3.63, 3.8) is 0 Å². The third-order valence-corrected chi connectivity index (χ3v) is 3.72. The molecule has 0 unspecified atom stereocenters. The zero-order valence-electron chi connectivity index (χ0n) is 11.1. The van der Waals surface area contributed by atoms with E-state index < -0.39 is 0 Å². The standard InChI is InChI=1S/C16H19N3/c17-16-12-15(18-9-4-5-10-18)8-11-19(16)13-14-6-2-1-3-7-14/h1-3,6-8,11-12,17H,4-5,9-10,13H2/p+1. The van der Waals surface area contributed by atoms with Crippen molar-refractivity contribution < 1.29 is 4.57 Å². The maximum atomic E-state index is 6.17. The van der Waals surface area contributed by atoms with Gasteiger partial charge in [-0.2, -0.15) is 0 Å². The van der Waals surface area contributed by atoms with Crippen LogP contribution >= 0.6 is 0 Å². The van der Waals surface area contributed by atoms with Crippen molar-refractivity contribution in [2.45, 2.75) is 19.4 Å². The van der Waals surface area contributed by atoms with E-state index in [9.17, 15) is 0 Å². The van der Waals surface area contributed by atoms with E-state index in [0.29, 0.717) is 0 Å². The largest absolute Gasteiger partial charge is 0.371 e. The molecule has 1 aliphatic rings. The number of anilines is 2. The predicted octanol–water partition coefficient (Wildman–Crippen LogP) is 2.20. The van der Waals surface area contributed by atoms with Gasteiger partial charge in [0.15, 0.2) is 0 Å². The van der Waals surface area contributed by atoms with Crippen molar-refractivity contribution >= 4 is 11.5 Å². The van der Waals surface area contributed by atoms with E-state index in [-0.39, 0.29) is 0 Å². The molecule has 1 aliphatic heterocycles. The van der Waals surface area contributed by atoms with Crippen LogP contribution in [0.25, 0.3) is 0 Å². The van der Waals surface area contributed by atoms with Crippen molar-refractivity contribution in [1.82, 2.24) is 0 Å². The zero-order valence-corrected chi connectivity index (χ0v) is 11.1. The van der Waals surface area contributed by atoms with E-state index in [0.717, 1.165) is 25.5 Å². The molecule has 2 aromatic rings. The number of nitrogens with zero attached hydrogens (tertiary/aromatic N) is 2. The highest BCUT2D eigenvalue weighted by Crippen LogP contribution is 2.20. The molecule has 0 radical (unpaired) electrons. The third-order valence-electron chi connectivity index (χ3n) is 3.72. The van der Waals surface area contributed by atoms with Gasteiger partial charge in [-0.3, -0.25) is 5.73 Å². The third kappa shape index (κ3) is 2.70. The summed E-state index contributed by atoms with van der Waals surface area (Å²) in [6.45, 7) is 3.14. The summed E-state index contributed by atoms with van der Waals surface area (Å²) < 4.78 is 2.09. The van der Waals surface area contributed by atoms with Gasteiger partial charge in [-0.05, 0) is 18.4 Å². The van der Waals surface area contributed by atoms with Crippen molar-refractivity contribution in [3.05, 3.63) is 54.2 Å². The molecule has 0 saturated carbocycles. The Bertz CT molecular complexity index is 545. The lowest BCUT2D eigenvalue weighted by atomic mass is 10.2. The van der Waals surface area contributed by atoms with Crippen LogP contribution < -0.4 is 15.2 Å². The Hall–Kier alpha value is -2.03. The first-order chi connectivity index (χ1) is 9.33. The fourth-order valence-corrected chi connectivity index (χ4v) is 2.63. The lowest BCUT2D eigenvalue weighted by Crippen LogP contribution is -2.37. The van der Waals surface area contributed by atoms with Crippen LogP contribution in [-0.4, -0.2) is 13.1 Å². The van der Waals surface area contributed by atoms with Gasteiger partial charge in [0.25, 0.3) is 5.82 Å². The van der Waals surface area contributed by atoms with Gasteiger partial charge in [0.1, 0.15) is 6.54 Å². The van der Waals surface area contributed by atoms with E-state index in [2.05, 4.69) is 52.1 Å². The highest BCUT2D eigenvalue weighted by molar-refractivity contribution is 5.50. The average molecular weight is 254 g/mol. The number of pyridine rings is 1. The predicted molar refractivity (Wildman–Crippen MR) is 78.0 cm³/mol. The fourth-order valence-electron chi connectivity index (χ4n) is 2.63. The summed E-state index contributed by atoms with van der Waals surface area (Å²) in [5.41, 5.74) is 8.69. The first-order valence-corrected chi connectivity index (χ1v) is 6.91. The van der Waals surface area contributed by atoms with Crippen LogP contribution in [0.5, 0.6) is 0 Å². The second-order valence-electron chi connectivity index (χ2n) is 5.12. The van der Waals surface area contributed by atoms with Crippen LogP contribution in [0.3, 0.4) is 0 Å². The number of aromatic nitrogens is 1. The maximum absolute atomic E-state index is 6.17. The molecule has 2 heterocycles. The molecular weight excluding hydrogens is 234 g/mol. The first kappa shape index (κ1) is 12.0. The van der Waals surface area contributed by atoms with Crippen LogP contribution in [0.2, 0.25) is 0 Å². The molecule has 1 fully saturated rings. The van der Waals surface area contributed by atoms with Crippen LogP contribution in [0.1, 0.15) is 18.4 Å². The molecule has 0 spiro atoms. The van der Waals surface area contributed by atoms with Gasteiger partial charge in [-0.1, -0.05) is 30.3 Å². The minimum atomic E-state index is 0.826. The topological polar surface area (TPSA) is 33.1 Å². The Kier molecular flexibility index (Phi) is 3.36. The van der Waals surface area contributed by atoms with E-state index in [1.165, 1.54) is 24.1 Å². The number of rotatable bonds is 3. The smallest absolute Gasteiger partial charge is 0.274 e. The van der Waals surface area contributed by atoms with Gasteiger partial charge in [-0.25, -0.2) is 4.57 Å². The average Bonchev–Trinajstić information content (AvgIpc) is 2.96. The van der Waals surface area contributed by atoms with Crippen molar-refractivity contribution in [2.75, 3.05) is 23.7 Å². The molecule has 0 amide bonds. The molecule has 0 atom stereocenters. The highest BCUT2D eigenvalue weighted by atomic mass is 15.2. The first-order valence-electron chi connectivity index (χ1n) is 6.91. The van der Waals surface area contributed by atoms with Gasteiger partial charge in [-0.15, -0.1) is 0 Å². The molecule has 0 aliphatic carbocycles. The van der Waals surface area contributed by atoms with E-state index in [1.54, 1.807) is 0 Å². The summed E-state index contributed by atoms with van der Waals surface area (Å²) in [4.78, 5) is 2.41. The Labute approximate surface area is 114 Å². The molecule has 3 heteroatoms. The molecule has 0 bridgehead atoms. The molecular formula is C16H20N3+. The van der Waals surface area contributed by atoms with E-state index >= 15 is 0 Å². The number of benzene rings is 1. The second-order valence-corrected chi connectivity index (χ2v) is 5.12. The summed E-state index contributed by atoms with van der Waals surface area (Å²) in [6.07, 6.45) is 4.67. The van der Waals surface area contributed by atoms with Crippen LogP contribution in [0.4, 0.5) is 11.5 Å². The van der Waals surface area contributed by atoms with Gasteiger partial charge in [0.05, 0.1) is 12.3 Å². The van der Waals surface area contributed by atoms with Gasteiger partial charge >= 0.3 is 0 Å². The van der Waals surface area contributed by atoms with Crippen LogP contribution in [0, 0.1) is 0 Å². The summed E-state index contributed by atoms with van der Waals surface area (Å²) >= 11 is 0. The molecule has 98 valence electrons. The van der Waals surface area contributed by atoms with Gasteiger partial charge in [0.2, 0.25) is 0 Å². The lowest BCUT2D eigenvalue weighted by molar-refractivity contribution is -0.673. The molecule has 1 aromatic heterocycles. The molecule has 1 aromatic carbocycles. The molecule has 19 heavy (non-hydrogen) atoms. The SMILES string of the molecule is Nc1cc(N2CCCC2)cc[n+]1Cc1ccccc1. The number of nitrogen functional groups attached to an aromatic ring is 1. The second kappa shape index (κ2) is 5.31. The molecule has 1 saturated heterocycles. The summed E-state index contributed by atoms with van der Waals surface area (Å²) in [5.74, 6) is 0.827. The normalized spacial score (nSPS) is 14.8. The van der Waals surface area contributed by atoms with Crippen LogP contribution in [-0.2, 0) is 6.54 Å². The summed E-state index contributed by atoms with van der Waals surface area (Å²) in [7, 11) is 0. The van der Waals surface area contributed by atoms with Crippen molar-refractivity contribution in [1.29, 1.82) is 0 Å². The Morgan fingerprint density at radius 3 is 2.47 bits per heavy atom. The molecule has 3 nitrogen and oxygen atoms in total. The van der Waals surface area contributed by atoms with E-state index in [4.69, 9.17) is 5.73 Å². The monoisotopic (exact) mass is 254 g/mol.